The predicted octanol–water partition coefficient (Wildman–Crippen LogP) is 3.58. The summed E-state index contributed by atoms with van der Waals surface area (Å²) in [6, 6.07) is 4.88. The van der Waals surface area contributed by atoms with Crippen LogP contribution in [0.3, 0.4) is 0 Å². The van der Waals surface area contributed by atoms with Gasteiger partial charge >= 0.3 is 0 Å². The fourth-order valence-corrected chi connectivity index (χ4v) is 2.74. The van der Waals surface area contributed by atoms with Gasteiger partial charge < -0.3 is 5.32 Å². The maximum absolute atomic E-state index is 13.8. The van der Waals surface area contributed by atoms with Crippen molar-refractivity contribution in [2.45, 2.75) is 25.7 Å². The molecule has 1 fully saturated rings. The smallest absolute Gasteiger partial charge is 0.126 e. The molecule has 0 spiro atoms. The molecule has 1 nitrogen and oxygen atoms in total. The highest BCUT2D eigenvalue weighted by Gasteiger charge is 2.27. The van der Waals surface area contributed by atoms with Crippen molar-refractivity contribution in [1.29, 1.82) is 0 Å². The Hall–Kier alpha value is -0.600. The van der Waals surface area contributed by atoms with Crippen molar-refractivity contribution in [2.75, 3.05) is 13.1 Å². The summed E-state index contributed by atoms with van der Waals surface area (Å²) in [6.45, 7) is 4.10. The van der Waals surface area contributed by atoms with E-state index in [1.807, 2.05) is 0 Å². The number of benzene rings is 1. The van der Waals surface area contributed by atoms with Crippen molar-refractivity contribution in [3.63, 3.8) is 0 Å². The minimum Gasteiger partial charge on any atom is -0.316 e. The van der Waals surface area contributed by atoms with Crippen molar-refractivity contribution in [3.8, 4) is 0 Å². The Morgan fingerprint density at radius 2 is 2.31 bits per heavy atom. The van der Waals surface area contributed by atoms with Gasteiger partial charge in [0.05, 0.1) is 0 Å². The summed E-state index contributed by atoms with van der Waals surface area (Å²) in [6.07, 6.45) is 2.07. The largest absolute Gasteiger partial charge is 0.316 e. The molecule has 2 unspecified atom stereocenters. The quantitative estimate of drug-likeness (QED) is 0.835. The summed E-state index contributed by atoms with van der Waals surface area (Å²) in [4.78, 5) is 0. The number of hydrogen-bond donors (Lipinski definition) is 1. The summed E-state index contributed by atoms with van der Waals surface area (Å²) in [7, 11) is 0. The second-order valence-electron chi connectivity index (χ2n) is 4.43. The molecule has 16 heavy (non-hydrogen) atoms. The molecular formula is C13H17ClFN. The van der Waals surface area contributed by atoms with Crippen molar-refractivity contribution in [1.82, 2.24) is 5.32 Å². The predicted molar refractivity (Wildman–Crippen MR) is 65.4 cm³/mol. The number of piperidine rings is 1. The lowest BCUT2D eigenvalue weighted by molar-refractivity contribution is 0.311. The Kier molecular flexibility index (Phi) is 3.82. The molecule has 0 radical (unpaired) electrons. The molecular weight excluding hydrogens is 225 g/mol. The van der Waals surface area contributed by atoms with E-state index in [4.69, 9.17) is 11.6 Å². The molecule has 1 heterocycles. The Morgan fingerprint density at radius 1 is 1.50 bits per heavy atom. The molecule has 1 N–H and O–H groups in total. The number of nitrogens with one attached hydrogen (secondary N) is 1. The molecule has 88 valence electrons. The van der Waals surface area contributed by atoms with Gasteiger partial charge in [-0.1, -0.05) is 24.9 Å². The van der Waals surface area contributed by atoms with Gasteiger partial charge in [0.1, 0.15) is 5.82 Å². The Balaban J connectivity index is 2.30. The Labute approximate surface area is 101 Å². The van der Waals surface area contributed by atoms with Gasteiger partial charge in [0.25, 0.3) is 0 Å². The van der Waals surface area contributed by atoms with E-state index in [0.717, 1.165) is 31.5 Å². The van der Waals surface area contributed by atoms with Crippen LogP contribution in [0.2, 0.25) is 5.02 Å². The molecule has 0 saturated carbocycles. The molecule has 0 bridgehead atoms. The maximum atomic E-state index is 13.8. The van der Waals surface area contributed by atoms with Crippen LogP contribution in [0.15, 0.2) is 18.2 Å². The van der Waals surface area contributed by atoms with Crippen molar-refractivity contribution in [2.24, 2.45) is 5.92 Å². The average molecular weight is 242 g/mol. The van der Waals surface area contributed by atoms with Crippen LogP contribution in [0.4, 0.5) is 4.39 Å². The Morgan fingerprint density at radius 3 is 3.06 bits per heavy atom. The van der Waals surface area contributed by atoms with E-state index >= 15 is 0 Å². The van der Waals surface area contributed by atoms with E-state index in [-0.39, 0.29) is 5.82 Å². The second-order valence-corrected chi connectivity index (χ2v) is 4.87. The average Bonchev–Trinajstić information content (AvgIpc) is 2.32. The van der Waals surface area contributed by atoms with E-state index in [1.165, 1.54) is 6.07 Å². The minimum atomic E-state index is -0.116. The zero-order chi connectivity index (χ0) is 11.5. The summed E-state index contributed by atoms with van der Waals surface area (Å²) in [5.41, 5.74) is 0.792. The number of halogens is 2. The summed E-state index contributed by atoms with van der Waals surface area (Å²) in [5.74, 6) is 0.710. The summed E-state index contributed by atoms with van der Waals surface area (Å²) < 4.78 is 13.8. The van der Waals surface area contributed by atoms with E-state index < -0.39 is 0 Å². The highest BCUT2D eigenvalue weighted by Crippen LogP contribution is 2.34. The van der Waals surface area contributed by atoms with Crippen LogP contribution >= 0.6 is 11.6 Å². The van der Waals surface area contributed by atoms with Crippen LogP contribution in [0.25, 0.3) is 0 Å². The summed E-state index contributed by atoms with van der Waals surface area (Å²) >= 11 is 5.94. The lowest BCUT2D eigenvalue weighted by Gasteiger charge is -2.32. The van der Waals surface area contributed by atoms with Crippen molar-refractivity contribution < 1.29 is 4.39 Å². The lowest BCUT2D eigenvalue weighted by atomic mass is 9.79. The minimum absolute atomic E-state index is 0.116. The molecule has 0 aromatic heterocycles. The van der Waals surface area contributed by atoms with Gasteiger partial charge in [-0.3, -0.25) is 0 Å². The van der Waals surface area contributed by atoms with Crippen molar-refractivity contribution >= 4 is 11.6 Å². The van der Waals surface area contributed by atoms with Gasteiger partial charge in [-0.25, -0.2) is 4.39 Å². The molecule has 1 aromatic rings. The van der Waals surface area contributed by atoms with Gasteiger partial charge in [-0.15, -0.1) is 0 Å². The topological polar surface area (TPSA) is 12.0 Å². The van der Waals surface area contributed by atoms with Gasteiger partial charge in [0, 0.05) is 5.02 Å². The molecule has 1 aliphatic heterocycles. The highest BCUT2D eigenvalue weighted by molar-refractivity contribution is 6.30. The van der Waals surface area contributed by atoms with Gasteiger partial charge in [0.15, 0.2) is 0 Å². The van der Waals surface area contributed by atoms with E-state index in [1.54, 1.807) is 12.1 Å². The fourth-order valence-electron chi connectivity index (χ4n) is 2.56. The molecule has 1 aromatic carbocycles. The third kappa shape index (κ3) is 2.38. The van der Waals surface area contributed by atoms with Crippen LogP contribution in [0.5, 0.6) is 0 Å². The standard InChI is InChI=1S/C13H17ClFN/c1-2-9-8-16-6-5-11(9)12-7-10(14)3-4-13(12)15/h3-4,7,9,11,16H,2,5-6,8H2,1H3. The molecule has 0 aliphatic carbocycles. The number of rotatable bonds is 2. The van der Waals surface area contributed by atoms with Gasteiger partial charge in [-0.05, 0) is 55.1 Å². The van der Waals surface area contributed by atoms with E-state index in [9.17, 15) is 4.39 Å². The SMILES string of the molecule is CCC1CNCCC1c1cc(Cl)ccc1F. The summed E-state index contributed by atoms with van der Waals surface area (Å²) in [5, 5.41) is 3.99. The van der Waals surface area contributed by atoms with Gasteiger partial charge in [0.2, 0.25) is 0 Å². The van der Waals surface area contributed by atoms with Gasteiger partial charge in [-0.2, -0.15) is 0 Å². The van der Waals surface area contributed by atoms with E-state index in [2.05, 4.69) is 12.2 Å². The first kappa shape index (κ1) is 11.9. The first-order valence-corrected chi connectivity index (χ1v) is 6.25. The maximum Gasteiger partial charge on any atom is 0.126 e. The molecule has 1 aliphatic rings. The zero-order valence-electron chi connectivity index (χ0n) is 9.47. The van der Waals surface area contributed by atoms with Crippen LogP contribution in [0, 0.1) is 11.7 Å². The van der Waals surface area contributed by atoms with Crippen LogP contribution in [-0.4, -0.2) is 13.1 Å². The third-order valence-electron chi connectivity index (χ3n) is 3.49. The second kappa shape index (κ2) is 5.15. The van der Waals surface area contributed by atoms with Crippen LogP contribution in [-0.2, 0) is 0 Å². The monoisotopic (exact) mass is 241 g/mol. The molecule has 0 amide bonds. The fraction of sp³-hybridized carbons (Fsp3) is 0.538. The van der Waals surface area contributed by atoms with Crippen molar-refractivity contribution in [3.05, 3.63) is 34.6 Å². The normalized spacial score (nSPS) is 25.7. The highest BCUT2D eigenvalue weighted by atomic mass is 35.5. The van der Waals surface area contributed by atoms with Crippen LogP contribution < -0.4 is 5.32 Å². The molecule has 2 rings (SSSR count). The first-order chi connectivity index (χ1) is 7.72. The lowest BCUT2D eigenvalue weighted by Crippen LogP contribution is -2.35. The third-order valence-corrected chi connectivity index (χ3v) is 3.72. The number of hydrogen-bond acceptors (Lipinski definition) is 1. The Bertz CT molecular complexity index is 367. The first-order valence-electron chi connectivity index (χ1n) is 5.88. The molecule has 1 saturated heterocycles. The van der Waals surface area contributed by atoms with E-state index in [0.29, 0.717) is 16.9 Å². The van der Waals surface area contributed by atoms with Crippen LogP contribution in [0.1, 0.15) is 31.2 Å². The molecule has 3 heteroatoms. The molecule has 2 atom stereocenters. The zero-order valence-corrected chi connectivity index (χ0v) is 10.2.